The SMILES string of the molecule is O=C(Cc1cccc(-c2ccc(C(F)(F)F)cc2)c1)N1CCCc2nc(C3(c4cccc(Cl)c4)CC3)[nH]c(=O)c2C1. The molecular weight excluding hydrogens is 551 g/mol. The molecule has 1 fully saturated rings. The van der Waals surface area contributed by atoms with Gasteiger partial charge in [0.05, 0.1) is 35.2 Å². The molecule has 0 spiro atoms. The largest absolute Gasteiger partial charge is 0.416 e. The van der Waals surface area contributed by atoms with Crippen LogP contribution in [0.15, 0.2) is 77.6 Å². The van der Waals surface area contributed by atoms with Crippen molar-refractivity contribution in [3.05, 3.63) is 122 Å². The minimum absolute atomic E-state index is 0.116. The second kappa shape index (κ2) is 10.5. The third kappa shape index (κ3) is 5.53. The van der Waals surface area contributed by atoms with Crippen LogP contribution in [0.2, 0.25) is 5.02 Å². The smallest absolute Gasteiger partial charge is 0.338 e. The van der Waals surface area contributed by atoms with E-state index in [1.165, 1.54) is 12.1 Å². The van der Waals surface area contributed by atoms with E-state index in [0.717, 1.165) is 47.4 Å². The van der Waals surface area contributed by atoms with Crippen LogP contribution in [0.5, 0.6) is 0 Å². The number of alkyl halides is 3. The van der Waals surface area contributed by atoms with E-state index in [-0.39, 0.29) is 29.8 Å². The number of hydrogen-bond acceptors (Lipinski definition) is 3. The lowest BCUT2D eigenvalue weighted by Crippen LogP contribution is -2.34. The lowest BCUT2D eigenvalue weighted by atomic mass is 9.94. The lowest BCUT2D eigenvalue weighted by molar-refractivity contribution is -0.137. The van der Waals surface area contributed by atoms with Crippen LogP contribution in [0.1, 0.15) is 53.0 Å². The highest BCUT2D eigenvalue weighted by molar-refractivity contribution is 6.30. The molecule has 1 aliphatic heterocycles. The summed E-state index contributed by atoms with van der Waals surface area (Å²) in [5.41, 5.74) is 3.14. The zero-order valence-electron chi connectivity index (χ0n) is 22.1. The number of nitrogens with zero attached hydrogens (tertiary/aromatic N) is 2. The predicted molar refractivity (Wildman–Crippen MR) is 151 cm³/mol. The van der Waals surface area contributed by atoms with Gasteiger partial charge in [0.25, 0.3) is 5.56 Å². The first-order chi connectivity index (χ1) is 19.6. The number of aromatic amines is 1. The van der Waals surface area contributed by atoms with E-state index in [2.05, 4.69) is 4.98 Å². The number of benzene rings is 3. The monoisotopic (exact) mass is 577 g/mol. The first kappa shape index (κ1) is 27.3. The Kier molecular flexibility index (Phi) is 6.98. The van der Waals surface area contributed by atoms with Crippen molar-refractivity contribution in [1.29, 1.82) is 0 Å². The molecule has 4 aromatic rings. The Morgan fingerprint density at radius 2 is 1.76 bits per heavy atom. The van der Waals surface area contributed by atoms with Crippen LogP contribution >= 0.6 is 11.6 Å². The standard InChI is InChI=1S/C32H27ClF3N3O2/c33-25-7-2-6-24(18-25)31(13-14-31)30-37-27-8-3-15-39(19-26(27)29(41)38-30)28(40)17-20-4-1-5-22(16-20)21-9-11-23(12-10-21)32(34,35)36/h1-2,4-7,9-12,16,18H,3,8,13-15,17,19H2,(H,37,38,41). The molecule has 1 aliphatic carbocycles. The average molecular weight is 578 g/mol. The van der Waals surface area contributed by atoms with Crippen molar-refractivity contribution >= 4 is 17.5 Å². The number of carbonyl (C=O) groups excluding carboxylic acids is 1. The van der Waals surface area contributed by atoms with Gasteiger partial charge < -0.3 is 9.88 Å². The van der Waals surface area contributed by atoms with Gasteiger partial charge in [0.1, 0.15) is 5.82 Å². The van der Waals surface area contributed by atoms with E-state index in [9.17, 15) is 22.8 Å². The van der Waals surface area contributed by atoms with Crippen molar-refractivity contribution in [2.24, 2.45) is 0 Å². The van der Waals surface area contributed by atoms with Gasteiger partial charge in [0.2, 0.25) is 5.91 Å². The Balaban J connectivity index is 1.19. The molecule has 1 amide bonds. The molecule has 210 valence electrons. The van der Waals surface area contributed by atoms with Gasteiger partial charge in [0, 0.05) is 11.6 Å². The lowest BCUT2D eigenvalue weighted by Gasteiger charge is -2.21. The maximum absolute atomic E-state index is 13.4. The van der Waals surface area contributed by atoms with Gasteiger partial charge in [-0.15, -0.1) is 0 Å². The number of aryl methyl sites for hydroxylation is 1. The Hall–Kier alpha value is -3.91. The molecule has 1 saturated carbocycles. The minimum Gasteiger partial charge on any atom is -0.338 e. The highest BCUT2D eigenvalue weighted by Crippen LogP contribution is 2.52. The summed E-state index contributed by atoms with van der Waals surface area (Å²) in [4.78, 5) is 36.3. The zero-order chi connectivity index (χ0) is 28.8. The van der Waals surface area contributed by atoms with Crippen molar-refractivity contribution in [3.63, 3.8) is 0 Å². The molecule has 1 N–H and O–H groups in total. The summed E-state index contributed by atoms with van der Waals surface area (Å²) in [7, 11) is 0. The number of nitrogens with one attached hydrogen (secondary N) is 1. The molecule has 41 heavy (non-hydrogen) atoms. The molecule has 9 heteroatoms. The third-order valence-electron chi connectivity index (χ3n) is 8.05. The molecule has 0 saturated heterocycles. The van der Waals surface area contributed by atoms with E-state index in [1.807, 2.05) is 36.4 Å². The van der Waals surface area contributed by atoms with Gasteiger partial charge in [0.15, 0.2) is 0 Å². The van der Waals surface area contributed by atoms with Crippen molar-refractivity contribution in [2.45, 2.75) is 50.2 Å². The van der Waals surface area contributed by atoms with Crippen LogP contribution in [0.25, 0.3) is 11.1 Å². The Morgan fingerprint density at radius 3 is 2.46 bits per heavy atom. The van der Waals surface area contributed by atoms with Gasteiger partial charge in [-0.3, -0.25) is 9.59 Å². The van der Waals surface area contributed by atoms with Gasteiger partial charge in [-0.05, 0) is 72.2 Å². The van der Waals surface area contributed by atoms with E-state index < -0.39 is 11.7 Å². The third-order valence-corrected chi connectivity index (χ3v) is 8.29. The first-order valence-electron chi connectivity index (χ1n) is 13.6. The van der Waals surface area contributed by atoms with Crippen molar-refractivity contribution in [2.75, 3.05) is 6.54 Å². The summed E-state index contributed by atoms with van der Waals surface area (Å²) < 4.78 is 38.8. The van der Waals surface area contributed by atoms with Gasteiger partial charge in [-0.25, -0.2) is 4.98 Å². The summed E-state index contributed by atoms with van der Waals surface area (Å²) >= 11 is 6.23. The maximum Gasteiger partial charge on any atom is 0.416 e. The molecule has 2 heterocycles. The van der Waals surface area contributed by atoms with Crippen LogP contribution in [0, 0.1) is 0 Å². The zero-order valence-corrected chi connectivity index (χ0v) is 22.9. The quantitative estimate of drug-likeness (QED) is 0.287. The normalized spacial score (nSPS) is 16.1. The number of aromatic nitrogens is 2. The van der Waals surface area contributed by atoms with Gasteiger partial charge >= 0.3 is 6.18 Å². The molecule has 5 nitrogen and oxygen atoms in total. The van der Waals surface area contributed by atoms with Crippen LogP contribution in [0.3, 0.4) is 0 Å². The summed E-state index contributed by atoms with van der Waals surface area (Å²) in [5.74, 6) is 0.534. The number of halogens is 4. The highest BCUT2D eigenvalue weighted by Gasteiger charge is 2.48. The summed E-state index contributed by atoms with van der Waals surface area (Å²) in [6.45, 7) is 0.682. The van der Waals surface area contributed by atoms with Gasteiger partial charge in [-0.2, -0.15) is 13.2 Å². The van der Waals surface area contributed by atoms with E-state index in [1.54, 1.807) is 17.0 Å². The molecule has 3 aromatic carbocycles. The molecule has 6 rings (SSSR count). The second-order valence-corrected chi connectivity index (χ2v) is 11.2. The fourth-order valence-electron chi connectivity index (χ4n) is 5.63. The topological polar surface area (TPSA) is 66.1 Å². The number of H-pyrrole nitrogens is 1. The number of amides is 1. The van der Waals surface area contributed by atoms with Crippen molar-refractivity contribution < 1.29 is 18.0 Å². The fraction of sp³-hybridized carbons (Fsp3) is 0.281. The van der Waals surface area contributed by atoms with Crippen LogP contribution in [-0.2, 0) is 35.8 Å². The number of hydrogen-bond donors (Lipinski definition) is 1. The molecule has 1 aromatic heterocycles. The number of carbonyl (C=O) groups is 1. The van der Waals surface area contributed by atoms with E-state index in [0.29, 0.717) is 41.4 Å². The van der Waals surface area contributed by atoms with Crippen LogP contribution in [-0.4, -0.2) is 27.3 Å². The Morgan fingerprint density at radius 1 is 1.00 bits per heavy atom. The van der Waals surface area contributed by atoms with E-state index in [4.69, 9.17) is 16.6 Å². The second-order valence-electron chi connectivity index (χ2n) is 10.8. The number of rotatable bonds is 5. The molecule has 0 unspecified atom stereocenters. The molecular formula is C32H27ClF3N3O2. The summed E-state index contributed by atoms with van der Waals surface area (Å²) in [6.07, 6.45) is -1.23. The molecule has 0 radical (unpaired) electrons. The minimum atomic E-state index is -4.40. The molecule has 0 bridgehead atoms. The Labute approximate surface area is 240 Å². The Bertz CT molecular complexity index is 1680. The highest BCUT2D eigenvalue weighted by atomic mass is 35.5. The van der Waals surface area contributed by atoms with Crippen molar-refractivity contribution in [1.82, 2.24) is 14.9 Å². The van der Waals surface area contributed by atoms with Crippen LogP contribution in [0.4, 0.5) is 13.2 Å². The summed E-state index contributed by atoms with van der Waals surface area (Å²) in [5, 5.41) is 0.643. The first-order valence-corrected chi connectivity index (χ1v) is 13.9. The van der Waals surface area contributed by atoms with E-state index >= 15 is 0 Å². The maximum atomic E-state index is 13.4. The summed E-state index contributed by atoms with van der Waals surface area (Å²) in [6, 6.07) is 19.9. The number of fused-ring (bicyclic) bond motifs is 1. The van der Waals surface area contributed by atoms with Crippen LogP contribution < -0.4 is 5.56 Å². The average Bonchev–Trinajstić information content (AvgIpc) is 3.77. The van der Waals surface area contributed by atoms with Crippen molar-refractivity contribution in [3.8, 4) is 11.1 Å². The predicted octanol–water partition coefficient (Wildman–Crippen LogP) is 6.71. The van der Waals surface area contributed by atoms with Gasteiger partial charge in [-0.1, -0.05) is 60.1 Å². The molecule has 2 aliphatic rings. The fourth-order valence-corrected chi connectivity index (χ4v) is 5.82. The molecule has 0 atom stereocenters.